The molecule has 1 aliphatic heterocycles. The molecule has 0 unspecified atom stereocenters. The zero-order chi connectivity index (χ0) is 28.4. The first-order valence-electron chi connectivity index (χ1n) is 13.3. The molecule has 2 amide bonds. The van der Waals surface area contributed by atoms with Crippen LogP contribution < -0.4 is 25.4 Å². The average Bonchev–Trinajstić information content (AvgIpc) is 3.00. The largest absolute Gasteiger partial charge is 0.493 e. The lowest BCUT2D eigenvalue weighted by atomic mass is 10.2. The van der Waals surface area contributed by atoms with Gasteiger partial charge in [-0.05, 0) is 55.0 Å². The van der Waals surface area contributed by atoms with Crippen LogP contribution in [0.1, 0.15) is 12.0 Å². The summed E-state index contributed by atoms with van der Waals surface area (Å²) in [6.07, 6.45) is 2.39. The Hall–Kier alpha value is -4.92. The van der Waals surface area contributed by atoms with E-state index in [-0.39, 0.29) is 0 Å². The SMILES string of the molecule is COc1cc2ncnc(Nc3ccc(NC(=O)Nc4cccc(C#N)c4)cc3)c2cc1OCCCN1CCOCC1. The van der Waals surface area contributed by atoms with Gasteiger partial charge in [0.2, 0.25) is 0 Å². The van der Waals surface area contributed by atoms with Crippen LogP contribution in [0.2, 0.25) is 0 Å². The fourth-order valence-electron chi connectivity index (χ4n) is 4.46. The second kappa shape index (κ2) is 13.4. The molecule has 1 fully saturated rings. The molecule has 11 nitrogen and oxygen atoms in total. The van der Waals surface area contributed by atoms with Crippen molar-refractivity contribution in [2.24, 2.45) is 0 Å². The van der Waals surface area contributed by atoms with Crippen LogP contribution in [0.25, 0.3) is 10.9 Å². The summed E-state index contributed by atoms with van der Waals surface area (Å²) in [5.74, 6) is 1.86. The van der Waals surface area contributed by atoms with E-state index >= 15 is 0 Å². The number of rotatable bonds is 10. The molecule has 210 valence electrons. The lowest BCUT2D eigenvalue weighted by Gasteiger charge is -2.26. The van der Waals surface area contributed by atoms with E-state index in [4.69, 9.17) is 19.5 Å². The van der Waals surface area contributed by atoms with Crippen molar-refractivity contribution < 1.29 is 19.0 Å². The number of aromatic nitrogens is 2. The molecule has 1 saturated heterocycles. The van der Waals surface area contributed by atoms with Gasteiger partial charge in [0.15, 0.2) is 11.5 Å². The number of morpholine rings is 1. The van der Waals surface area contributed by atoms with Crippen molar-refractivity contribution in [3.05, 3.63) is 72.6 Å². The summed E-state index contributed by atoms with van der Waals surface area (Å²) in [5, 5.41) is 18.7. The number of carbonyl (C=O) groups excluding carboxylic acids is 1. The minimum Gasteiger partial charge on any atom is -0.493 e. The van der Waals surface area contributed by atoms with Crippen LogP contribution in [0.4, 0.5) is 27.7 Å². The van der Waals surface area contributed by atoms with Gasteiger partial charge in [0.25, 0.3) is 0 Å². The highest BCUT2D eigenvalue weighted by atomic mass is 16.5. The van der Waals surface area contributed by atoms with Gasteiger partial charge >= 0.3 is 6.03 Å². The molecule has 1 aliphatic rings. The van der Waals surface area contributed by atoms with E-state index in [1.54, 1.807) is 43.5 Å². The first-order valence-corrected chi connectivity index (χ1v) is 13.3. The zero-order valence-corrected chi connectivity index (χ0v) is 22.7. The topological polar surface area (TPSA) is 134 Å². The second-order valence-corrected chi connectivity index (χ2v) is 9.37. The Bertz CT molecular complexity index is 1530. The number of ether oxygens (including phenoxy) is 3. The minimum absolute atomic E-state index is 0.408. The molecule has 0 saturated carbocycles. The van der Waals surface area contributed by atoms with E-state index in [2.05, 4.69) is 36.9 Å². The smallest absolute Gasteiger partial charge is 0.323 e. The molecule has 41 heavy (non-hydrogen) atoms. The Balaban J connectivity index is 1.22. The van der Waals surface area contributed by atoms with E-state index < -0.39 is 6.03 Å². The third-order valence-electron chi connectivity index (χ3n) is 6.56. The molecule has 0 radical (unpaired) electrons. The molecule has 5 rings (SSSR count). The third-order valence-corrected chi connectivity index (χ3v) is 6.56. The summed E-state index contributed by atoms with van der Waals surface area (Å²) in [4.78, 5) is 23.6. The van der Waals surface area contributed by atoms with Gasteiger partial charge in [-0.25, -0.2) is 14.8 Å². The molecule has 2 heterocycles. The van der Waals surface area contributed by atoms with Crippen molar-refractivity contribution in [1.29, 1.82) is 5.26 Å². The number of anilines is 4. The molecule has 0 bridgehead atoms. The summed E-state index contributed by atoms with van der Waals surface area (Å²) >= 11 is 0. The Morgan fingerprint density at radius 1 is 1.00 bits per heavy atom. The first-order chi connectivity index (χ1) is 20.1. The highest BCUT2D eigenvalue weighted by molar-refractivity contribution is 6.00. The molecule has 3 aromatic carbocycles. The number of nitrogens with zero attached hydrogens (tertiary/aromatic N) is 4. The predicted molar refractivity (Wildman–Crippen MR) is 157 cm³/mol. The van der Waals surface area contributed by atoms with Gasteiger partial charge in [-0.3, -0.25) is 4.90 Å². The van der Waals surface area contributed by atoms with Gasteiger partial charge in [0.1, 0.15) is 12.1 Å². The summed E-state index contributed by atoms with van der Waals surface area (Å²) in [5.41, 5.74) is 3.11. The third kappa shape index (κ3) is 7.39. The highest BCUT2D eigenvalue weighted by Gasteiger charge is 2.14. The van der Waals surface area contributed by atoms with Gasteiger partial charge in [0, 0.05) is 48.1 Å². The van der Waals surface area contributed by atoms with Crippen molar-refractivity contribution in [3.63, 3.8) is 0 Å². The van der Waals surface area contributed by atoms with Gasteiger partial charge in [-0.15, -0.1) is 0 Å². The quantitative estimate of drug-likeness (QED) is 0.232. The van der Waals surface area contributed by atoms with Gasteiger partial charge in [-0.2, -0.15) is 5.26 Å². The lowest BCUT2D eigenvalue weighted by Crippen LogP contribution is -2.37. The Kier molecular flexibility index (Phi) is 9.05. The van der Waals surface area contributed by atoms with Crippen molar-refractivity contribution in [2.75, 3.05) is 62.5 Å². The van der Waals surface area contributed by atoms with Crippen molar-refractivity contribution in [2.45, 2.75) is 6.42 Å². The molecule has 3 N–H and O–H groups in total. The van der Waals surface area contributed by atoms with E-state index in [1.165, 1.54) is 6.33 Å². The second-order valence-electron chi connectivity index (χ2n) is 9.37. The normalized spacial score (nSPS) is 13.3. The van der Waals surface area contributed by atoms with E-state index in [9.17, 15) is 4.79 Å². The number of urea groups is 1. The number of hydrogen-bond acceptors (Lipinski definition) is 9. The van der Waals surface area contributed by atoms with Gasteiger partial charge in [-0.1, -0.05) is 6.07 Å². The van der Waals surface area contributed by atoms with E-state index in [1.807, 2.05) is 24.3 Å². The molecule has 0 spiro atoms. The number of fused-ring (bicyclic) bond motifs is 1. The average molecular weight is 554 g/mol. The molecule has 0 atom stereocenters. The number of nitriles is 1. The van der Waals surface area contributed by atoms with Gasteiger partial charge in [0.05, 0.1) is 44.1 Å². The van der Waals surface area contributed by atoms with Crippen molar-refractivity contribution in [1.82, 2.24) is 14.9 Å². The fourth-order valence-corrected chi connectivity index (χ4v) is 4.46. The number of benzene rings is 3. The number of carbonyl (C=O) groups is 1. The Morgan fingerprint density at radius 2 is 1.78 bits per heavy atom. The zero-order valence-electron chi connectivity index (χ0n) is 22.7. The van der Waals surface area contributed by atoms with E-state index in [0.29, 0.717) is 40.9 Å². The summed E-state index contributed by atoms with van der Waals surface area (Å²) < 4.78 is 17.1. The van der Waals surface area contributed by atoms with Crippen molar-refractivity contribution >= 4 is 39.8 Å². The molecule has 0 aliphatic carbocycles. The Morgan fingerprint density at radius 3 is 2.56 bits per heavy atom. The van der Waals surface area contributed by atoms with E-state index in [0.717, 1.165) is 55.9 Å². The maximum absolute atomic E-state index is 12.4. The van der Waals surface area contributed by atoms with Gasteiger partial charge < -0.3 is 30.2 Å². The minimum atomic E-state index is -0.408. The molecular weight excluding hydrogens is 522 g/mol. The molecule has 1 aromatic heterocycles. The number of amides is 2. The maximum Gasteiger partial charge on any atom is 0.323 e. The van der Waals surface area contributed by atoms with Crippen LogP contribution in [-0.2, 0) is 4.74 Å². The number of nitrogens with one attached hydrogen (secondary N) is 3. The number of methoxy groups -OCH3 is 1. The van der Waals surface area contributed by atoms with Crippen LogP contribution >= 0.6 is 0 Å². The monoisotopic (exact) mass is 553 g/mol. The van der Waals surface area contributed by atoms with Crippen molar-refractivity contribution in [3.8, 4) is 17.6 Å². The summed E-state index contributed by atoms with van der Waals surface area (Å²) in [6.45, 7) is 4.98. The maximum atomic E-state index is 12.4. The fraction of sp³-hybridized carbons (Fsp3) is 0.267. The molecule has 11 heteroatoms. The molecular formula is C30H31N7O4. The van der Waals surface area contributed by atoms with Crippen LogP contribution in [0.15, 0.2) is 67.0 Å². The molecule has 4 aromatic rings. The highest BCUT2D eigenvalue weighted by Crippen LogP contribution is 2.35. The predicted octanol–water partition coefficient (Wildman–Crippen LogP) is 5.00. The van der Waals surface area contributed by atoms with Crippen LogP contribution in [-0.4, -0.2) is 67.5 Å². The standard InChI is InChI=1S/C30H31N7O4/c1-39-27-18-26-25(17-28(27)41-13-3-10-37-11-14-40-15-12-37)29(33-20-32-26)34-22-6-8-23(9-7-22)35-30(38)36-24-5-2-4-21(16-24)19-31/h2,4-9,16-18,20H,3,10-15H2,1H3,(H,32,33,34)(H2,35,36,38). The lowest BCUT2D eigenvalue weighted by molar-refractivity contribution is 0.0357. The van der Waals surface area contributed by atoms with Crippen LogP contribution in [0.5, 0.6) is 11.5 Å². The first kappa shape index (κ1) is 27.6. The number of hydrogen-bond donors (Lipinski definition) is 3. The summed E-state index contributed by atoms with van der Waals surface area (Å²) in [7, 11) is 1.61. The van der Waals surface area contributed by atoms with Crippen LogP contribution in [0.3, 0.4) is 0 Å². The summed E-state index contributed by atoms with van der Waals surface area (Å²) in [6, 6.07) is 19.3. The van der Waals surface area contributed by atoms with Crippen LogP contribution in [0, 0.1) is 11.3 Å². The Labute approximate surface area is 238 Å².